The minimum Gasteiger partial charge on any atom is -0.481 e. The summed E-state index contributed by atoms with van der Waals surface area (Å²) in [6, 6.07) is 9.58. The van der Waals surface area contributed by atoms with Crippen LogP contribution < -0.4 is 0 Å². The number of hydrogen-bond acceptors (Lipinski definition) is 3. The van der Waals surface area contributed by atoms with Crippen LogP contribution in [0.5, 0.6) is 0 Å². The molecule has 1 heterocycles. The Morgan fingerprint density at radius 3 is 2.50 bits per heavy atom. The minimum absolute atomic E-state index is 0.0524. The number of aliphatic hydroxyl groups excluding tert-OH is 1. The summed E-state index contributed by atoms with van der Waals surface area (Å²) >= 11 is 0. The van der Waals surface area contributed by atoms with Crippen molar-refractivity contribution in [3.05, 3.63) is 35.9 Å². The first-order chi connectivity index (χ1) is 11.6. The Labute approximate surface area is 142 Å². The number of likely N-dealkylation sites (tertiary alicyclic amines) is 1. The van der Waals surface area contributed by atoms with Crippen LogP contribution in [0.15, 0.2) is 30.3 Å². The topological polar surface area (TPSA) is 77.8 Å². The molecule has 5 nitrogen and oxygen atoms in total. The summed E-state index contributed by atoms with van der Waals surface area (Å²) in [6.45, 7) is 0.721. The second kappa shape index (κ2) is 7.34. The predicted octanol–water partition coefficient (Wildman–Crippen LogP) is 2.60. The third kappa shape index (κ3) is 3.61. The van der Waals surface area contributed by atoms with Crippen molar-refractivity contribution >= 4 is 11.9 Å². The van der Waals surface area contributed by atoms with Gasteiger partial charge in [0.05, 0.1) is 12.0 Å². The van der Waals surface area contributed by atoms with Gasteiger partial charge < -0.3 is 15.1 Å². The third-order valence-electron chi connectivity index (χ3n) is 5.47. The van der Waals surface area contributed by atoms with E-state index in [1.807, 2.05) is 35.2 Å². The van der Waals surface area contributed by atoms with Gasteiger partial charge in [-0.2, -0.15) is 0 Å². The van der Waals surface area contributed by atoms with E-state index >= 15 is 0 Å². The molecule has 1 saturated carbocycles. The largest absolute Gasteiger partial charge is 0.481 e. The Kier molecular flexibility index (Phi) is 5.19. The highest BCUT2D eigenvalue weighted by Crippen LogP contribution is 2.35. The van der Waals surface area contributed by atoms with Crippen LogP contribution in [-0.4, -0.2) is 39.6 Å². The Morgan fingerprint density at radius 2 is 1.83 bits per heavy atom. The molecule has 5 heteroatoms. The number of amides is 1. The highest BCUT2D eigenvalue weighted by Gasteiger charge is 2.39. The molecule has 4 atom stereocenters. The zero-order valence-corrected chi connectivity index (χ0v) is 13.8. The van der Waals surface area contributed by atoms with Crippen LogP contribution in [0.4, 0.5) is 0 Å². The van der Waals surface area contributed by atoms with Crippen LogP contribution in [0.1, 0.15) is 50.2 Å². The molecule has 3 rings (SSSR count). The van der Waals surface area contributed by atoms with Crippen molar-refractivity contribution in [3.63, 3.8) is 0 Å². The van der Waals surface area contributed by atoms with E-state index in [4.69, 9.17) is 5.11 Å². The first kappa shape index (κ1) is 17.0. The lowest BCUT2D eigenvalue weighted by Gasteiger charge is -2.29. The predicted molar refractivity (Wildman–Crippen MR) is 89.2 cm³/mol. The highest BCUT2D eigenvalue weighted by molar-refractivity contribution is 5.81. The lowest BCUT2D eigenvalue weighted by molar-refractivity contribution is -0.141. The van der Waals surface area contributed by atoms with Crippen molar-refractivity contribution in [3.8, 4) is 0 Å². The number of rotatable bonds is 5. The lowest BCUT2D eigenvalue weighted by atomic mass is 9.99. The van der Waals surface area contributed by atoms with E-state index in [-0.39, 0.29) is 23.8 Å². The highest BCUT2D eigenvalue weighted by atomic mass is 16.4. The second-order valence-corrected chi connectivity index (χ2v) is 7.04. The number of benzene rings is 1. The van der Waals surface area contributed by atoms with Crippen molar-refractivity contribution in [2.75, 3.05) is 6.54 Å². The van der Waals surface area contributed by atoms with Crippen LogP contribution in [0.2, 0.25) is 0 Å². The van der Waals surface area contributed by atoms with Crippen LogP contribution in [-0.2, 0) is 9.59 Å². The van der Waals surface area contributed by atoms with Crippen molar-refractivity contribution in [2.24, 2.45) is 11.8 Å². The van der Waals surface area contributed by atoms with E-state index in [1.54, 1.807) is 0 Å². The van der Waals surface area contributed by atoms with E-state index in [1.165, 1.54) is 0 Å². The van der Waals surface area contributed by atoms with E-state index in [9.17, 15) is 14.7 Å². The standard InChI is InChI=1S/C19H25NO4/c21-17(13-5-2-1-3-6-13)12-16-7-4-10-20(16)18(22)14-8-9-15(11-14)19(23)24/h1-3,5-6,14-17,21H,4,7-12H2,(H,23,24)/t14-,15+,16?,17?/m1/s1. The Balaban J connectivity index is 1.61. The smallest absolute Gasteiger partial charge is 0.306 e. The van der Waals surface area contributed by atoms with E-state index in [0.29, 0.717) is 25.7 Å². The SMILES string of the molecule is O=C(O)[C@H]1CC[C@@H](C(=O)N2CCCC2CC(O)c2ccccc2)C1. The Hall–Kier alpha value is -1.88. The summed E-state index contributed by atoms with van der Waals surface area (Å²) < 4.78 is 0. The number of carboxylic acids is 1. The molecular weight excluding hydrogens is 306 g/mol. The molecule has 1 saturated heterocycles. The second-order valence-electron chi connectivity index (χ2n) is 7.04. The van der Waals surface area contributed by atoms with Gasteiger partial charge in [0.15, 0.2) is 0 Å². The van der Waals surface area contributed by atoms with Crippen LogP contribution >= 0.6 is 0 Å². The molecule has 1 amide bonds. The zero-order chi connectivity index (χ0) is 17.1. The molecule has 1 aromatic rings. The van der Waals surface area contributed by atoms with Gasteiger partial charge in [-0.25, -0.2) is 0 Å². The normalized spacial score (nSPS) is 28.0. The summed E-state index contributed by atoms with van der Waals surface area (Å²) in [7, 11) is 0. The molecule has 2 fully saturated rings. The fourth-order valence-electron chi connectivity index (χ4n) is 4.10. The van der Waals surface area contributed by atoms with Crippen molar-refractivity contribution in [2.45, 2.75) is 50.7 Å². The van der Waals surface area contributed by atoms with E-state index in [2.05, 4.69) is 0 Å². The van der Waals surface area contributed by atoms with Gasteiger partial charge in [0, 0.05) is 18.5 Å². The molecule has 2 N–H and O–H groups in total. The number of carbonyl (C=O) groups excluding carboxylic acids is 1. The van der Waals surface area contributed by atoms with Gasteiger partial charge >= 0.3 is 5.97 Å². The molecule has 2 aliphatic rings. The first-order valence-electron chi connectivity index (χ1n) is 8.82. The molecule has 0 bridgehead atoms. The number of aliphatic carboxylic acids is 1. The van der Waals surface area contributed by atoms with E-state index < -0.39 is 12.1 Å². The maximum Gasteiger partial charge on any atom is 0.306 e. The summed E-state index contributed by atoms with van der Waals surface area (Å²) in [4.78, 5) is 25.8. The summed E-state index contributed by atoms with van der Waals surface area (Å²) in [5.41, 5.74) is 0.878. The third-order valence-corrected chi connectivity index (χ3v) is 5.47. The molecule has 0 spiro atoms. The molecule has 1 aromatic carbocycles. The molecule has 1 aliphatic carbocycles. The van der Waals surface area contributed by atoms with Gasteiger partial charge in [0.2, 0.25) is 5.91 Å². The zero-order valence-electron chi connectivity index (χ0n) is 13.8. The first-order valence-corrected chi connectivity index (χ1v) is 8.82. The van der Waals surface area contributed by atoms with Crippen molar-refractivity contribution in [1.29, 1.82) is 0 Å². The van der Waals surface area contributed by atoms with Gasteiger partial charge in [-0.3, -0.25) is 9.59 Å². The fraction of sp³-hybridized carbons (Fsp3) is 0.579. The monoisotopic (exact) mass is 331 g/mol. The van der Waals surface area contributed by atoms with Gasteiger partial charge in [-0.05, 0) is 44.1 Å². The van der Waals surface area contributed by atoms with Crippen molar-refractivity contribution in [1.82, 2.24) is 4.90 Å². The van der Waals surface area contributed by atoms with Gasteiger partial charge in [-0.1, -0.05) is 30.3 Å². The average Bonchev–Trinajstić information content (AvgIpc) is 3.24. The quantitative estimate of drug-likeness (QED) is 0.869. The molecule has 0 radical (unpaired) electrons. The van der Waals surface area contributed by atoms with Crippen LogP contribution in [0.3, 0.4) is 0 Å². The minimum atomic E-state index is -0.789. The Morgan fingerprint density at radius 1 is 1.12 bits per heavy atom. The van der Waals surface area contributed by atoms with Crippen LogP contribution in [0.25, 0.3) is 0 Å². The molecule has 0 aromatic heterocycles. The maximum atomic E-state index is 12.8. The van der Waals surface area contributed by atoms with Gasteiger partial charge in [-0.15, -0.1) is 0 Å². The number of carboxylic acid groups (broad SMARTS) is 1. The molecule has 24 heavy (non-hydrogen) atoms. The number of nitrogens with zero attached hydrogens (tertiary/aromatic N) is 1. The maximum absolute atomic E-state index is 12.8. The van der Waals surface area contributed by atoms with E-state index in [0.717, 1.165) is 24.9 Å². The lowest BCUT2D eigenvalue weighted by Crippen LogP contribution is -2.40. The molecular formula is C19H25NO4. The summed E-state index contributed by atoms with van der Waals surface area (Å²) in [6.07, 6.45) is 3.55. The van der Waals surface area contributed by atoms with Gasteiger partial charge in [0.1, 0.15) is 0 Å². The van der Waals surface area contributed by atoms with Gasteiger partial charge in [0.25, 0.3) is 0 Å². The average molecular weight is 331 g/mol. The number of carbonyl (C=O) groups is 2. The number of aliphatic hydroxyl groups is 1. The molecule has 1 aliphatic heterocycles. The molecule has 130 valence electrons. The Bertz CT molecular complexity index is 588. The fourth-order valence-corrected chi connectivity index (χ4v) is 4.10. The molecule has 2 unspecified atom stereocenters. The summed E-state index contributed by atoms with van der Waals surface area (Å²) in [5.74, 6) is -1.25. The number of hydrogen-bond donors (Lipinski definition) is 2. The van der Waals surface area contributed by atoms with Crippen molar-refractivity contribution < 1.29 is 19.8 Å². The summed E-state index contributed by atoms with van der Waals surface area (Å²) in [5, 5.41) is 19.6. The van der Waals surface area contributed by atoms with Crippen LogP contribution in [0, 0.1) is 11.8 Å².